The summed E-state index contributed by atoms with van der Waals surface area (Å²) in [5, 5.41) is 6.48. The van der Waals surface area contributed by atoms with Gasteiger partial charge in [-0.05, 0) is 44.2 Å². The van der Waals surface area contributed by atoms with E-state index in [0.29, 0.717) is 22.5 Å². The molecule has 2 aromatic heterocycles. The van der Waals surface area contributed by atoms with Crippen molar-refractivity contribution in [1.82, 2.24) is 15.5 Å². The van der Waals surface area contributed by atoms with Crippen LogP contribution >= 0.6 is 0 Å². The molecule has 9 heteroatoms. The lowest BCUT2D eigenvalue weighted by Gasteiger charge is -2.09. The van der Waals surface area contributed by atoms with Crippen LogP contribution in [-0.4, -0.2) is 41.6 Å². The number of amides is 2. The van der Waals surface area contributed by atoms with Gasteiger partial charge in [0.25, 0.3) is 17.5 Å². The molecule has 0 radical (unpaired) electrons. The summed E-state index contributed by atoms with van der Waals surface area (Å²) >= 11 is 0. The van der Waals surface area contributed by atoms with Crippen LogP contribution in [0.15, 0.2) is 59.1 Å². The number of methoxy groups -OCH3 is 1. The van der Waals surface area contributed by atoms with E-state index in [0.717, 1.165) is 11.1 Å². The van der Waals surface area contributed by atoms with E-state index in [1.165, 1.54) is 19.2 Å². The highest BCUT2D eigenvalue weighted by atomic mass is 16.5. The minimum Gasteiger partial charge on any atom is -0.497 e. The fourth-order valence-electron chi connectivity index (χ4n) is 3.31. The summed E-state index contributed by atoms with van der Waals surface area (Å²) < 4.78 is 15.5. The highest BCUT2D eigenvalue weighted by molar-refractivity contribution is 6.07. The number of hydrogen-bond acceptors (Lipinski definition) is 8. The zero-order valence-corrected chi connectivity index (χ0v) is 18.7. The van der Waals surface area contributed by atoms with Crippen molar-refractivity contribution in [2.24, 2.45) is 0 Å². The summed E-state index contributed by atoms with van der Waals surface area (Å²) in [4.78, 5) is 41.8. The molecule has 0 aliphatic heterocycles. The molecule has 0 aliphatic carbocycles. The van der Waals surface area contributed by atoms with Gasteiger partial charge in [-0.15, -0.1) is 0 Å². The first kappa shape index (κ1) is 22.7. The van der Waals surface area contributed by atoms with Crippen LogP contribution in [0.4, 0.5) is 0 Å². The van der Waals surface area contributed by atoms with Crippen LogP contribution in [0.25, 0.3) is 22.4 Å². The SMILES string of the molecule is COc1ccc(C(=O)NC(=O)COC(=O)c2cc(-c3ccc(C)cc3)nc3onc(C)c23)cc1. The predicted octanol–water partition coefficient (Wildman–Crippen LogP) is 3.63. The topological polar surface area (TPSA) is 121 Å². The lowest BCUT2D eigenvalue weighted by Crippen LogP contribution is -2.34. The second-order valence-electron chi connectivity index (χ2n) is 7.55. The largest absolute Gasteiger partial charge is 0.497 e. The minimum atomic E-state index is -0.765. The number of aryl methyl sites for hydroxylation is 2. The number of rotatable bonds is 6. The van der Waals surface area contributed by atoms with E-state index in [1.807, 2.05) is 31.2 Å². The van der Waals surface area contributed by atoms with Gasteiger partial charge in [-0.25, -0.2) is 9.78 Å². The molecule has 0 atom stereocenters. The molecule has 172 valence electrons. The zero-order valence-electron chi connectivity index (χ0n) is 18.7. The molecule has 9 nitrogen and oxygen atoms in total. The molecule has 0 aliphatic rings. The van der Waals surface area contributed by atoms with Gasteiger partial charge in [0.2, 0.25) is 0 Å². The third kappa shape index (κ3) is 4.78. The molecule has 34 heavy (non-hydrogen) atoms. The number of ether oxygens (including phenoxy) is 2. The Labute approximate surface area is 194 Å². The summed E-state index contributed by atoms with van der Waals surface area (Å²) in [5.41, 5.74) is 3.42. The van der Waals surface area contributed by atoms with Crippen molar-refractivity contribution in [2.75, 3.05) is 13.7 Å². The molecule has 0 fully saturated rings. The van der Waals surface area contributed by atoms with Gasteiger partial charge in [-0.1, -0.05) is 35.0 Å². The highest BCUT2D eigenvalue weighted by Crippen LogP contribution is 2.27. The van der Waals surface area contributed by atoms with Crippen LogP contribution in [0.3, 0.4) is 0 Å². The maximum absolute atomic E-state index is 12.9. The Balaban J connectivity index is 1.49. The predicted molar refractivity (Wildman–Crippen MR) is 122 cm³/mol. The van der Waals surface area contributed by atoms with Crippen molar-refractivity contribution in [2.45, 2.75) is 13.8 Å². The van der Waals surface area contributed by atoms with Crippen LogP contribution in [0.1, 0.15) is 32.0 Å². The van der Waals surface area contributed by atoms with E-state index >= 15 is 0 Å². The molecule has 2 heterocycles. The first-order chi connectivity index (χ1) is 16.4. The number of carbonyl (C=O) groups is 3. The maximum atomic E-state index is 12.9. The van der Waals surface area contributed by atoms with Crippen LogP contribution in [0, 0.1) is 13.8 Å². The quantitative estimate of drug-likeness (QED) is 0.434. The van der Waals surface area contributed by atoms with E-state index in [-0.39, 0.29) is 16.8 Å². The maximum Gasteiger partial charge on any atom is 0.339 e. The second kappa shape index (κ2) is 9.53. The molecule has 2 aromatic carbocycles. The summed E-state index contributed by atoms with van der Waals surface area (Å²) in [6, 6.07) is 15.4. The summed E-state index contributed by atoms with van der Waals surface area (Å²) in [7, 11) is 1.51. The van der Waals surface area contributed by atoms with Crippen molar-refractivity contribution in [3.8, 4) is 17.0 Å². The molecule has 2 amide bonds. The number of imide groups is 1. The van der Waals surface area contributed by atoms with Crippen LogP contribution in [0.5, 0.6) is 5.75 Å². The number of esters is 1. The van der Waals surface area contributed by atoms with Crippen LogP contribution < -0.4 is 10.1 Å². The van der Waals surface area contributed by atoms with E-state index in [1.54, 1.807) is 25.1 Å². The van der Waals surface area contributed by atoms with Crippen molar-refractivity contribution in [3.05, 3.63) is 77.0 Å². The fraction of sp³-hybridized carbons (Fsp3) is 0.160. The van der Waals surface area contributed by atoms with Gasteiger partial charge in [0.15, 0.2) is 6.61 Å². The average molecular weight is 459 g/mol. The number of carbonyl (C=O) groups excluding carboxylic acids is 3. The van der Waals surface area contributed by atoms with Crippen molar-refractivity contribution in [1.29, 1.82) is 0 Å². The third-order valence-electron chi connectivity index (χ3n) is 5.12. The Bertz CT molecular complexity index is 1370. The van der Waals surface area contributed by atoms with Gasteiger partial charge in [-0.3, -0.25) is 14.9 Å². The van der Waals surface area contributed by atoms with Crippen LogP contribution in [0.2, 0.25) is 0 Å². The van der Waals surface area contributed by atoms with Gasteiger partial charge in [0, 0.05) is 11.1 Å². The molecular weight excluding hydrogens is 438 g/mol. The van der Waals surface area contributed by atoms with Crippen LogP contribution in [-0.2, 0) is 9.53 Å². The first-order valence-corrected chi connectivity index (χ1v) is 10.3. The smallest absolute Gasteiger partial charge is 0.339 e. The Morgan fingerprint density at radius 2 is 1.71 bits per heavy atom. The molecule has 0 saturated carbocycles. The van der Waals surface area contributed by atoms with Crippen molar-refractivity contribution < 1.29 is 28.4 Å². The lowest BCUT2D eigenvalue weighted by molar-refractivity contribution is -0.123. The molecule has 4 aromatic rings. The zero-order chi connectivity index (χ0) is 24.2. The van der Waals surface area contributed by atoms with E-state index in [9.17, 15) is 14.4 Å². The van der Waals surface area contributed by atoms with Gasteiger partial charge >= 0.3 is 5.97 Å². The number of fused-ring (bicyclic) bond motifs is 1. The molecule has 1 N–H and O–H groups in total. The monoisotopic (exact) mass is 459 g/mol. The Morgan fingerprint density at radius 3 is 2.38 bits per heavy atom. The Kier molecular flexibility index (Phi) is 6.35. The molecule has 0 spiro atoms. The molecule has 0 unspecified atom stereocenters. The molecule has 4 rings (SSSR count). The van der Waals surface area contributed by atoms with E-state index in [2.05, 4.69) is 15.5 Å². The van der Waals surface area contributed by atoms with Gasteiger partial charge in [0.05, 0.1) is 29.4 Å². The van der Waals surface area contributed by atoms with Crippen molar-refractivity contribution in [3.63, 3.8) is 0 Å². The summed E-state index contributed by atoms with van der Waals surface area (Å²) in [5.74, 6) is -1.57. The average Bonchev–Trinajstić information content (AvgIpc) is 3.23. The number of nitrogens with one attached hydrogen (secondary N) is 1. The Morgan fingerprint density at radius 1 is 1.00 bits per heavy atom. The number of benzene rings is 2. The standard InChI is InChI=1S/C25H21N3O6/c1-14-4-6-16(7-5-14)20-12-19(22-15(2)28-34-24(22)26-20)25(31)33-13-21(29)27-23(30)17-8-10-18(32-3)11-9-17/h4-12H,13H2,1-3H3,(H,27,29,30). The molecule has 0 bridgehead atoms. The Hall–Kier alpha value is -4.53. The fourth-order valence-corrected chi connectivity index (χ4v) is 3.31. The first-order valence-electron chi connectivity index (χ1n) is 10.3. The van der Waals surface area contributed by atoms with Gasteiger partial charge in [-0.2, -0.15) is 0 Å². The third-order valence-corrected chi connectivity index (χ3v) is 5.12. The number of pyridine rings is 1. The van der Waals surface area contributed by atoms with E-state index < -0.39 is 24.4 Å². The summed E-state index contributed by atoms with van der Waals surface area (Å²) in [6.45, 7) is 3.00. The van der Waals surface area contributed by atoms with Crippen molar-refractivity contribution >= 4 is 28.9 Å². The van der Waals surface area contributed by atoms with Gasteiger partial charge < -0.3 is 14.0 Å². The highest BCUT2D eigenvalue weighted by Gasteiger charge is 2.22. The minimum absolute atomic E-state index is 0.161. The normalized spacial score (nSPS) is 10.7. The van der Waals surface area contributed by atoms with Gasteiger partial charge in [0.1, 0.15) is 5.75 Å². The number of aromatic nitrogens is 2. The number of hydrogen-bond donors (Lipinski definition) is 1. The summed E-state index contributed by atoms with van der Waals surface area (Å²) in [6.07, 6.45) is 0. The molecular formula is C25H21N3O6. The number of nitrogens with zero attached hydrogens (tertiary/aromatic N) is 2. The lowest BCUT2D eigenvalue weighted by atomic mass is 10.0. The second-order valence-corrected chi connectivity index (χ2v) is 7.55. The van der Waals surface area contributed by atoms with E-state index in [4.69, 9.17) is 14.0 Å². The molecule has 0 saturated heterocycles.